The van der Waals surface area contributed by atoms with Crippen molar-refractivity contribution in [2.75, 3.05) is 13.2 Å². The lowest BCUT2D eigenvalue weighted by Crippen LogP contribution is -2.13. The van der Waals surface area contributed by atoms with Crippen molar-refractivity contribution >= 4 is 0 Å². The Balaban J connectivity index is 2.59. The third kappa shape index (κ3) is 5.00. The van der Waals surface area contributed by atoms with Crippen LogP contribution in [0.5, 0.6) is 5.75 Å². The summed E-state index contributed by atoms with van der Waals surface area (Å²) < 4.78 is 5.79. The number of nitrogens with zero attached hydrogens (tertiary/aromatic N) is 1. The van der Waals surface area contributed by atoms with Crippen molar-refractivity contribution in [3.8, 4) is 5.75 Å². The topological polar surface area (TPSA) is 34.1 Å². The van der Waals surface area contributed by atoms with E-state index >= 15 is 0 Å². The minimum atomic E-state index is 0.731. The molecule has 0 bridgehead atoms. The average molecular weight is 234 g/mol. The van der Waals surface area contributed by atoms with Gasteiger partial charge in [-0.2, -0.15) is 0 Å². The summed E-state index contributed by atoms with van der Waals surface area (Å²) >= 11 is 0. The fourth-order valence-corrected chi connectivity index (χ4v) is 1.50. The molecule has 1 heterocycles. The van der Waals surface area contributed by atoms with Crippen molar-refractivity contribution in [3.63, 3.8) is 0 Å². The minimum Gasteiger partial charge on any atom is -0.493 e. The number of allylic oxidation sites excluding steroid dienone is 1. The van der Waals surface area contributed by atoms with E-state index in [1.165, 1.54) is 0 Å². The molecule has 0 saturated heterocycles. The van der Waals surface area contributed by atoms with Crippen LogP contribution in [0.4, 0.5) is 0 Å². The smallest absolute Gasteiger partial charge is 0.127 e. The van der Waals surface area contributed by atoms with Crippen molar-refractivity contribution in [2.45, 2.75) is 33.2 Å². The van der Waals surface area contributed by atoms with Gasteiger partial charge in [-0.15, -0.1) is 6.58 Å². The Labute approximate surface area is 104 Å². The molecule has 0 aliphatic heterocycles. The predicted octanol–water partition coefficient (Wildman–Crippen LogP) is 2.84. The fraction of sp³-hybridized carbons (Fsp3) is 0.500. The van der Waals surface area contributed by atoms with E-state index in [9.17, 15) is 0 Å². The van der Waals surface area contributed by atoms with Gasteiger partial charge >= 0.3 is 0 Å². The second kappa shape index (κ2) is 7.85. The Bertz CT molecular complexity index is 350. The lowest BCUT2D eigenvalue weighted by atomic mass is 10.2. The third-order valence-corrected chi connectivity index (χ3v) is 2.46. The SMILES string of the molecule is C=CCCCOc1cc(C)ncc1CNCC. The highest BCUT2D eigenvalue weighted by Gasteiger charge is 2.04. The zero-order valence-electron chi connectivity index (χ0n) is 10.8. The Hall–Kier alpha value is -1.35. The molecule has 1 N–H and O–H groups in total. The molecule has 1 rings (SSSR count). The van der Waals surface area contributed by atoms with Crippen molar-refractivity contribution < 1.29 is 4.74 Å². The van der Waals surface area contributed by atoms with Crippen LogP contribution in [0.2, 0.25) is 0 Å². The highest BCUT2D eigenvalue weighted by molar-refractivity contribution is 5.32. The normalized spacial score (nSPS) is 10.2. The number of hydrogen-bond acceptors (Lipinski definition) is 3. The molecule has 1 aromatic heterocycles. The molecule has 0 fully saturated rings. The Morgan fingerprint density at radius 3 is 3.06 bits per heavy atom. The molecule has 1 aromatic rings. The molecule has 0 atom stereocenters. The van der Waals surface area contributed by atoms with Crippen LogP contribution in [0.15, 0.2) is 24.9 Å². The number of aryl methyl sites for hydroxylation is 1. The van der Waals surface area contributed by atoms with E-state index < -0.39 is 0 Å². The first-order valence-corrected chi connectivity index (χ1v) is 6.17. The van der Waals surface area contributed by atoms with Crippen LogP contribution in [0.1, 0.15) is 31.0 Å². The molecule has 0 amide bonds. The molecule has 0 aromatic carbocycles. The predicted molar refractivity (Wildman–Crippen MR) is 71.3 cm³/mol. The van der Waals surface area contributed by atoms with Gasteiger partial charge in [-0.25, -0.2) is 0 Å². The van der Waals surface area contributed by atoms with Crippen LogP contribution in [-0.4, -0.2) is 18.1 Å². The maximum absolute atomic E-state index is 5.79. The number of rotatable bonds is 8. The van der Waals surface area contributed by atoms with Gasteiger partial charge in [0.05, 0.1) is 6.61 Å². The summed E-state index contributed by atoms with van der Waals surface area (Å²) in [6.45, 7) is 10.3. The second-order valence-electron chi connectivity index (χ2n) is 3.99. The summed E-state index contributed by atoms with van der Waals surface area (Å²) in [4.78, 5) is 4.30. The van der Waals surface area contributed by atoms with Crippen molar-refractivity contribution in [1.29, 1.82) is 0 Å². The summed E-state index contributed by atoms with van der Waals surface area (Å²) in [5.41, 5.74) is 2.11. The zero-order valence-corrected chi connectivity index (χ0v) is 10.8. The molecule has 0 spiro atoms. The summed E-state index contributed by atoms with van der Waals surface area (Å²) in [5.74, 6) is 0.947. The lowest BCUT2D eigenvalue weighted by Gasteiger charge is -2.11. The standard InChI is InChI=1S/C14H22N2O/c1-4-6-7-8-17-14-9-12(3)16-11-13(14)10-15-5-2/h4,9,11,15H,1,5-8,10H2,2-3H3. The number of unbranched alkanes of at least 4 members (excludes halogenated alkanes) is 1. The molecule has 3 heteroatoms. The summed E-state index contributed by atoms with van der Waals surface area (Å²) in [6.07, 6.45) is 5.81. The fourth-order valence-electron chi connectivity index (χ4n) is 1.50. The monoisotopic (exact) mass is 234 g/mol. The molecule has 0 saturated carbocycles. The first-order chi connectivity index (χ1) is 8.27. The molecule has 94 valence electrons. The van der Waals surface area contributed by atoms with Crippen molar-refractivity contribution in [2.24, 2.45) is 0 Å². The maximum atomic E-state index is 5.79. The number of pyridine rings is 1. The summed E-state index contributed by atoms with van der Waals surface area (Å²) in [7, 11) is 0. The molecule has 17 heavy (non-hydrogen) atoms. The molecular formula is C14H22N2O. The zero-order chi connectivity index (χ0) is 12.5. The van der Waals surface area contributed by atoms with Crippen LogP contribution in [0.25, 0.3) is 0 Å². The average Bonchev–Trinajstić information content (AvgIpc) is 2.33. The first kappa shape index (κ1) is 13.7. The van der Waals surface area contributed by atoms with Crippen LogP contribution in [0, 0.1) is 6.92 Å². The van der Waals surface area contributed by atoms with Gasteiger partial charge < -0.3 is 10.1 Å². The van der Waals surface area contributed by atoms with Crippen LogP contribution >= 0.6 is 0 Å². The Morgan fingerprint density at radius 1 is 1.53 bits per heavy atom. The highest BCUT2D eigenvalue weighted by Crippen LogP contribution is 2.18. The van der Waals surface area contributed by atoms with E-state index in [1.807, 2.05) is 25.3 Å². The molecule has 0 radical (unpaired) electrons. The maximum Gasteiger partial charge on any atom is 0.127 e. The third-order valence-electron chi connectivity index (χ3n) is 2.46. The number of hydrogen-bond donors (Lipinski definition) is 1. The summed E-state index contributed by atoms with van der Waals surface area (Å²) in [6, 6.07) is 2.00. The van der Waals surface area contributed by atoms with Gasteiger partial charge in [-0.1, -0.05) is 13.0 Å². The van der Waals surface area contributed by atoms with Gasteiger partial charge in [0.25, 0.3) is 0 Å². The quantitative estimate of drug-likeness (QED) is 0.555. The number of ether oxygens (including phenoxy) is 1. The van der Waals surface area contributed by atoms with Crippen molar-refractivity contribution in [3.05, 3.63) is 36.2 Å². The molecule has 0 aliphatic carbocycles. The van der Waals surface area contributed by atoms with Crippen LogP contribution < -0.4 is 10.1 Å². The van der Waals surface area contributed by atoms with E-state index in [-0.39, 0.29) is 0 Å². The highest BCUT2D eigenvalue weighted by atomic mass is 16.5. The van der Waals surface area contributed by atoms with Gasteiger partial charge in [0.1, 0.15) is 5.75 Å². The van der Waals surface area contributed by atoms with Crippen LogP contribution in [-0.2, 0) is 6.54 Å². The van der Waals surface area contributed by atoms with E-state index in [0.29, 0.717) is 0 Å². The van der Waals surface area contributed by atoms with E-state index in [1.54, 1.807) is 0 Å². The van der Waals surface area contributed by atoms with E-state index in [0.717, 1.165) is 49.5 Å². The molecular weight excluding hydrogens is 212 g/mol. The van der Waals surface area contributed by atoms with Gasteiger partial charge in [0.2, 0.25) is 0 Å². The molecule has 0 aliphatic rings. The molecule has 0 unspecified atom stereocenters. The Kier molecular flexibility index (Phi) is 6.33. The lowest BCUT2D eigenvalue weighted by molar-refractivity contribution is 0.307. The number of nitrogens with one attached hydrogen (secondary N) is 1. The van der Waals surface area contributed by atoms with E-state index in [4.69, 9.17) is 4.74 Å². The van der Waals surface area contributed by atoms with Gasteiger partial charge in [0.15, 0.2) is 0 Å². The summed E-state index contributed by atoms with van der Waals surface area (Å²) in [5, 5.41) is 3.29. The molecule has 3 nitrogen and oxygen atoms in total. The minimum absolute atomic E-state index is 0.731. The van der Waals surface area contributed by atoms with Gasteiger partial charge in [0, 0.05) is 30.1 Å². The largest absolute Gasteiger partial charge is 0.493 e. The van der Waals surface area contributed by atoms with Gasteiger partial charge in [-0.3, -0.25) is 4.98 Å². The van der Waals surface area contributed by atoms with Gasteiger partial charge in [-0.05, 0) is 26.3 Å². The number of aromatic nitrogens is 1. The van der Waals surface area contributed by atoms with E-state index in [2.05, 4.69) is 23.8 Å². The van der Waals surface area contributed by atoms with Crippen molar-refractivity contribution in [1.82, 2.24) is 10.3 Å². The first-order valence-electron chi connectivity index (χ1n) is 6.17. The van der Waals surface area contributed by atoms with Crippen LogP contribution in [0.3, 0.4) is 0 Å². The Morgan fingerprint density at radius 2 is 2.35 bits per heavy atom. The second-order valence-corrected chi connectivity index (χ2v) is 3.99.